The molecule has 6 aromatic rings. The second kappa shape index (κ2) is 14.1. The molecule has 0 fully saturated rings. The molecule has 12 nitrogen and oxygen atoms in total. The lowest BCUT2D eigenvalue weighted by Crippen LogP contribution is -2.24. The Morgan fingerprint density at radius 2 is 0.944 bits per heavy atom. The van der Waals surface area contributed by atoms with Crippen LogP contribution in [0.25, 0.3) is 11.6 Å². The molecular weight excluding hydrogens is 736 g/mol. The number of aryl methyl sites for hydroxylation is 2. The van der Waals surface area contributed by atoms with Gasteiger partial charge in [0.05, 0.1) is 23.5 Å². The van der Waals surface area contributed by atoms with Gasteiger partial charge >= 0.3 is 12.4 Å². The summed E-state index contributed by atoms with van der Waals surface area (Å²) in [4.78, 5) is 36.2. The van der Waals surface area contributed by atoms with Gasteiger partial charge < -0.3 is 20.2 Å². The average molecular weight is 765 g/mol. The summed E-state index contributed by atoms with van der Waals surface area (Å²) in [5.74, 6) is -1.37. The molecule has 6 rings (SSSR count). The number of rotatable bonds is 6. The zero-order chi connectivity index (χ0) is 40.0. The summed E-state index contributed by atoms with van der Waals surface area (Å²) in [5.41, 5.74) is -7.50. The molecule has 54 heavy (non-hydrogen) atoms. The maximum Gasteiger partial charge on any atom is 0.416 e. The Balaban J connectivity index is 0.000000208. The van der Waals surface area contributed by atoms with Gasteiger partial charge in [0.2, 0.25) is 0 Å². The second-order valence-corrected chi connectivity index (χ2v) is 12.3. The van der Waals surface area contributed by atoms with Gasteiger partial charge in [0.1, 0.15) is 34.5 Å². The van der Waals surface area contributed by atoms with E-state index in [0.29, 0.717) is 35.9 Å². The van der Waals surface area contributed by atoms with Gasteiger partial charge in [-0.05, 0) is 52.0 Å². The number of benzene rings is 2. The number of aliphatic hydroxyl groups is 2. The largest absolute Gasteiger partial charge is 0.416 e. The van der Waals surface area contributed by atoms with Crippen molar-refractivity contribution in [3.8, 4) is 11.6 Å². The van der Waals surface area contributed by atoms with Crippen molar-refractivity contribution in [2.45, 2.75) is 51.2 Å². The Hall–Kier alpha value is -6.02. The number of hydrogen-bond donors (Lipinski definition) is 4. The molecule has 0 aliphatic rings. The SMILES string of the molecule is Cc1nc(-n2cc([C@@](C)(O)c3ccc(C(F)(F)F)cc3F)cn2)cc(=O)[nH]1.Cc1nc(-n2cc([C@](C)(O)c3ccc(C(F)(F)F)cc3F)cn2)cc(=O)[nH]1. The Bertz CT molecular complexity index is 2280. The molecule has 0 bridgehead atoms. The first kappa shape index (κ1) is 39.2. The molecule has 0 spiro atoms. The summed E-state index contributed by atoms with van der Waals surface area (Å²) in [6.45, 7) is 5.61. The summed E-state index contributed by atoms with van der Waals surface area (Å²) < 4.78 is 107. The van der Waals surface area contributed by atoms with E-state index in [0.717, 1.165) is 12.1 Å². The Morgan fingerprint density at radius 3 is 1.24 bits per heavy atom. The van der Waals surface area contributed by atoms with Crippen LogP contribution in [-0.4, -0.2) is 49.7 Å². The van der Waals surface area contributed by atoms with Gasteiger partial charge in [-0.1, -0.05) is 12.1 Å². The van der Waals surface area contributed by atoms with Crippen molar-refractivity contribution in [3.63, 3.8) is 0 Å². The van der Waals surface area contributed by atoms with E-state index in [1.165, 1.54) is 60.1 Å². The Labute approximate surface area is 298 Å². The summed E-state index contributed by atoms with van der Waals surface area (Å²) in [6.07, 6.45) is -4.32. The molecule has 284 valence electrons. The van der Waals surface area contributed by atoms with E-state index in [1.807, 2.05) is 0 Å². The molecule has 4 N–H and O–H groups in total. The maximum absolute atomic E-state index is 14.3. The fraction of sp³-hybridized carbons (Fsp3) is 0.235. The molecule has 20 heteroatoms. The zero-order valence-electron chi connectivity index (χ0n) is 28.3. The number of aromatic nitrogens is 8. The topological polar surface area (TPSA) is 168 Å². The lowest BCUT2D eigenvalue weighted by molar-refractivity contribution is -0.138. The van der Waals surface area contributed by atoms with E-state index in [4.69, 9.17) is 0 Å². The van der Waals surface area contributed by atoms with Gasteiger partial charge in [-0.15, -0.1) is 0 Å². The Kier molecular flexibility index (Phi) is 10.2. The normalized spacial score (nSPS) is 14.2. The van der Waals surface area contributed by atoms with Crippen molar-refractivity contribution in [1.82, 2.24) is 39.5 Å². The van der Waals surface area contributed by atoms with Gasteiger partial charge in [-0.2, -0.15) is 36.5 Å². The molecule has 2 aromatic carbocycles. The van der Waals surface area contributed by atoms with E-state index in [-0.39, 0.29) is 33.9 Å². The highest BCUT2D eigenvalue weighted by Gasteiger charge is 2.37. The third kappa shape index (κ3) is 8.28. The number of aromatic amines is 2. The second-order valence-electron chi connectivity index (χ2n) is 12.3. The monoisotopic (exact) mass is 764 g/mol. The van der Waals surface area contributed by atoms with Crippen LogP contribution in [0.15, 0.2) is 82.9 Å². The smallest absolute Gasteiger partial charge is 0.380 e. The van der Waals surface area contributed by atoms with Gasteiger partial charge in [0.15, 0.2) is 11.6 Å². The van der Waals surface area contributed by atoms with Crippen LogP contribution in [0.5, 0.6) is 0 Å². The zero-order valence-corrected chi connectivity index (χ0v) is 28.3. The van der Waals surface area contributed by atoms with E-state index < -0.39 is 57.4 Å². The quantitative estimate of drug-likeness (QED) is 0.165. The third-order valence-corrected chi connectivity index (χ3v) is 8.09. The van der Waals surface area contributed by atoms with Crippen LogP contribution in [0.1, 0.15) is 58.9 Å². The van der Waals surface area contributed by atoms with Gasteiger partial charge in [0, 0.05) is 46.8 Å². The van der Waals surface area contributed by atoms with Crippen LogP contribution >= 0.6 is 0 Å². The highest BCUT2D eigenvalue weighted by molar-refractivity contribution is 5.39. The van der Waals surface area contributed by atoms with Crippen LogP contribution in [0.4, 0.5) is 35.1 Å². The van der Waals surface area contributed by atoms with Crippen LogP contribution in [-0.2, 0) is 23.6 Å². The molecule has 0 saturated carbocycles. The van der Waals surface area contributed by atoms with Crippen LogP contribution < -0.4 is 11.1 Å². The van der Waals surface area contributed by atoms with Gasteiger partial charge in [0.25, 0.3) is 11.1 Å². The summed E-state index contributed by atoms with van der Waals surface area (Å²) in [5, 5.41) is 29.4. The molecule has 0 saturated heterocycles. The predicted octanol–water partition coefficient (Wildman–Crippen LogP) is 5.36. The van der Waals surface area contributed by atoms with E-state index in [9.17, 15) is 54.9 Å². The molecule has 4 heterocycles. The number of nitrogens with zero attached hydrogens (tertiary/aromatic N) is 6. The molecule has 4 aromatic heterocycles. The van der Waals surface area contributed by atoms with Crippen LogP contribution in [0.3, 0.4) is 0 Å². The predicted molar refractivity (Wildman–Crippen MR) is 174 cm³/mol. The minimum atomic E-state index is -4.69. The summed E-state index contributed by atoms with van der Waals surface area (Å²) in [7, 11) is 0. The minimum Gasteiger partial charge on any atom is -0.380 e. The van der Waals surface area contributed by atoms with E-state index in [1.54, 1.807) is 13.8 Å². The number of nitrogens with one attached hydrogen (secondary N) is 2. The van der Waals surface area contributed by atoms with Crippen LogP contribution in [0.2, 0.25) is 0 Å². The van der Waals surface area contributed by atoms with Crippen molar-refractivity contribution in [2.24, 2.45) is 0 Å². The molecule has 0 aliphatic heterocycles. The highest BCUT2D eigenvalue weighted by Crippen LogP contribution is 2.37. The fourth-order valence-corrected chi connectivity index (χ4v) is 5.24. The average Bonchev–Trinajstić information content (AvgIpc) is 3.75. The standard InChI is InChI=1S/2C17H14F4N4O2/c2*1-9-23-14(6-15(26)24-9)25-8-11(7-22-25)16(2,27)12-4-3-10(5-13(12)18)17(19,20)21/h2*3-8,27H,1-2H3,(H,23,24,26)/t2*16-/m10/s1. The Morgan fingerprint density at radius 1 is 0.593 bits per heavy atom. The van der Waals surface area contributed by atoms with E-state index >= 15 is 0 Å². The molecule has 0 amide bonds. The molecule has 0 aliphatic carbocycles. The number of halogens is 8. The molecular formula is C34H28F8N8O4. The van der Waals surface area contributed by atoms with Crippen molar-refractivity contribution in [1.29, 1.82) is 0 Å². The summed E-state index contributed by atoms with van der Waals surface area (Å²) >= 11 is 0. The fourth-order valence-electron chi connectivity index (χ4n) is 5.24. The minimum absolute atomic E-state index is 0.112. The lowest BCUT2D eigenvalue weighted by atomic mass is 9.89. The van der Waals surface area contributed by atoms with Crippen molar-refractivity contribution >= 4 is 0 Å². The first-order valence-corrected chi connectivity index (χ1v) is 15.4. The highest BCUT2D eigenvalue weighted by atomic mass is 19.4. The van der Waals surface area contributed by atoms with Crippen molar-refractivity contribution < 1.29 is 45.3 Å². The first-order valence-electron chi connectivity index (χ1n) is 15.4. The third-order valence-electron chi connectivity index (χ3n) is 8.09. The van der Waals surface area contributed by atoms with Crippen molar-refractivity contribution in [2.75, 3.05) is 0 Å². The van der Waals surface area contributed by atoms with E-state index in [2.05, 4.69) is 30.1 Å². The number of hydrogen-bond acceptors (Lipinski definition) is 8. The maximum atomic E-state index is 14.3. The van der Waals surface area contributed by atoms with Gasteiger partial charge in [-0.25, -0.2) is 28.1 Å². The molecule has 0 unspecified atom stereocenters. The van der Waals surface area contributed by atoms with Crippen molar-refractivity contribution in [3.05, 3.63) is 151 Å². The first-order chi connectivity index (χ1) is 25.0. The lowest BCUT2D eigenvalue weighted by Gasteiger charge is -2.23. The number of H-pyrrole nitrogens is 2. The molecule has 0 radical (unpaired) electrons. The van der Waals surface area contributed by atoms with Crippen LogP contribution in [0, 0.1) is 25.5 Å². The van der Waals surface area contributed by atoms with Gasteiger partial charge in [-0.3, -0.25) is 9.59 Å². The number of alkyl halides is 6. The molecule has 2 atom stereocenters. The summed E-state index contributed by atoms with van der Waals surface area (Å²) in [6, 6.07) is 6.16.